The van der Waals surface area contributed by atoms with Crippen LogP contribution in [0.5, 0.6) is 0 Å². The van der Waals surface area contributed by atoms with Crippen LogP contribution in [0, 0.1) is 30.9 Å². The zero-order valence-corrected chi connectivity index (χ0v) is 13.8. The Kier molecular flexibility index (Phi) is 4.48. The molecule has 1 amide bonds. The molecular formula is C14H20N6O3. The number of nitrogens with zero attached hydrogens (tertiary/aromatic N) is 5. The largest absolute Gasteiger partial charge is 0.350 e. The Labute approximate surface area is 133 Å². The van der Waals surface area contributed by atoms with Crippen LogP contribution in [-0.2, 0) is 18.4 Å². The van der Waals surface area contributed by atoms with Crippen LogP contribution in [0.4, 0.5) is 5.69 Å². The fraction of sp³-hybridized carbons (Fsp3) is 0.500. The van der Waals surface area contributed by atoms with Crippen LogP contribution in [0.25, 0.3) is 0 Å². The third-order valence-corrected chi connectivity index (χ3v) is 3.96. The van der Waals surface area contributed by atoms with Crippen molar-refractivity contribution in [1.82, 2.24) is 24.9 Å². The lowest BCUT2D eigenvalue weighted by atomic mass is 10.2. The number of amides is 1. The van der Waals surface area contributed by atoms with E-state index in [1.807, 2.05) is 20.9 Å². The fourth-order valence-corrected chi connectivity index (χ4v) is 2.37. The predicted octanol–water partition coefficient (Wildman–Crippen LogP) is 1.33. The average molecular weight is 320 g/mol. The summed E-state index contributed by atoms with van der Waals surface area (Å²) >= 11 is 0. The van der Waals surface area contributed by atoms with Gasteiger partial charge in [-0.25, -0.2) is 0 Å². The number of aryl methyl sites for hydroxylation is 3. The Hall–Kier alpha value is -2.71. The molecule has 23 heavy (non-hydrogen) atoms. The SMILES string of the molecule is Cc1nn(C(C)C(=O)NCc2c(C)nn(C)c2C)cc1[N+](=O)[O-]. The maximum atomic E-state index is 12.3. The second-order valence-electron chi connectivity index (χ2n) is 5.50. The lowest BCUT2D eigenvalue weighted by molar-refractivity contribution is -0.385. The van der Waals surface area contributed by atoms with Crippen molar-refractivity contribution in [2.75, 3.05) is 0 Å². The Morgan fingerprint density at radius 3 is 2.48 bits per heavy atom. The van der Waals surface area contributed by atoms with Crippen molar-refractivity contribution in [2.24, 2.45) is 7.05 Å². The number of carbonyl (C=O) groups excluding carboxylic acids is 1. The van der Waals surface area contributed by atoms with Gasteiger partial charge in [0.1, 0.15) is 17.9 Å². The standard InChI is InChI=1S/C14H20N6O3/c1-8-12(10(3)18(5)16-8)6-15-14(21)11(4)19-7-13(20(22)23)9(2)17-19/h7,11H,6H2,1-5H3,(H,15,21). The van der Waals surface area contributed by atoms with Crippen LogP contribution in [0.15, 0.2) is 6.20 Å². The van der Waals surface area contributed by atoms with E-state index >= 15 is 0 Å². The molecule has 0 bridgehead atoms. The number of nitro groups is 1. The van der Waals surface area contributed by atoms with E-state index in [2.05, 4.69) is 15.5 Å². The van der Waals surface area contributed by atoms with E-state index in [4.69, 9.17) is 0 Å². The van der Waals surface area contributed by atoms with Crippen molar-refractivity contribution < 1.29 is 9.72 Å². The summed E-state index contributed by atoms with van der Waals surface area (Å²) in [7, 11) is 1.85. The molecule has 0 saturated heterocycles. The van der Waals surface area contributed by atoms with E-state index in [0.29, 0.717) is 6.54 Å². The molecule has 124 valence electrons. The molecule has 9 heteroatoms. The summed E-state index contributed by atoms with van der Waals surface area (Å²) in [5, 5.41) is 22.0. The molecule has 2 aromatic heterocycles. The van der Waals surface area contributed by atoms with Crippen LogP contribution in [-0.4, -0.2) is 30.4 Å². The minimum absolute atomic E-state index is 0.0939. The van der Waals surface area contributed by atoms with Gasteiger partial charge in [-0.1, -0.05) is 0 Å². The average Bonchev–Trinajstić information content (AvgIpc) is 2.97. The van der Waals surface area contributed by atoms with E-state index < -0.39 is 11.0 Å². The van der Waals surface area contributed by atoms with Crippen molar-refractivity contribution in [3.8, 4) is 0 Å². The van der Waals surface area contributed by atoms with Gasteiger partial charge in [0.2, 0.25) is 5.91 Å². The monoisotopic (exact) mass is 320 g/mol. The normalized spacial score (nSPS) is 12.2. The molecule has 2 heterocycles. The van der Waals surface area contributed by atoms with E-state index in [-0.39, 0.29) is 17.3 Å². The van der Waals surface area contributed by atoms with Crippen molar-refractivity contribution >= 4 is 11.6 Å². The van der Waals surface area contributed by atoms with Crippen LogP contribution in [0.2, 0.25) is 0 Å². The van der Waals surface area contributed by atoms with Gasteiger partial charge in [0.15, 0.2) is 0 Å². The lowest BCUT2D eigenvalue weighted by Crippen LogP contribution is -2.31. The summed E-state index contributed by atoms with van der Waals surface area (Å²) in [5.74, 6) is -0.259. The molecule has 9 nitrogen and oxygen atoms in total. The highest BCUT2D eigenvalue weighted by atomic mass is 16.6. The van der Waals surface area contributed by atoms with Crippen LogP contribution >= 0.6 is 0 Å². The van der Waals surface area contributed by atoms with Crippen LogP contribution < -0.4 is 5.32 Å². The molecule has 1 unspecified atom stereocenters. The quantitative estimate of drug-likeness (QED) is 0.660. The topological polar surface area (TPSA) is 108 Å². The molecule has 1 atom stereocenters. The summed E-state index contributed by atoms with van der Waals surface area (Å²) in [6, 6.07) is -0.639. The first kappa shape index (κ1) is 16.7. The molecule has 2 aromatic rings. The molecule has 0 spiro atoms. The molecule has 0 aliphatic rings. The second kappa shape index (κ2) is 6.19. The molecule has 0 radical (unpaired) electrons. The van der Waals surface area contributed by atoms with Gasteiger partial charge in [-0.2, -0.15) is 10.2 Å². The molecule has 1 N–H and O–H groups in total. The van der Waals surface area contributed by atoms with E-state index in [9.17, 15) is 14.9 Å². The number of hydrogen-bond donors (Lipinski definition) is 1. The van der Waals surface area contributed by atoms with Crippen molar-refractivity contribution in [1.29, 1.82) is 0 Å². The highest BCUT2D eigenvalue weighted by Gasteiger charge is 2.22. The molecule has 0 aromatic carbocycles. The molecule has 0 aliphatic heterocycles. The zero-order chi connectivity index (χ0) is 17.3. The molecule has 0 saturated carbocycles. The van der Waals surface area contributed by atoms with Crippen LogP contribution in [0.3, 0.4) is 0 Å². The van der Waals surface area contributed by atoms with Crippen molar-refractivity contribution in [3.05, 3.63) is 39.0 Å². The first-order valence-corrected chi connectivity index (χ1v) is 7.19. The van der Waals surface area contributed by atoms with Gasteiger partial charge in [-0.15, -0.1) is 0 Å². The Morgan fingerprint density at radius 2 is 2.00 bits per heavy atom. The summed E-state index contributed by atoms with van der Waals surface area (Å²) in [5.41, 5.74) is 3.01. The van der Waals surface area contributed by atoms with Gasteiger partial charge in [0.05, 0.1) is 10.6 Å². The summed E-state index contributed by atoms with van der Waals surface area (Å²) < 4.78 is 3.08. The van der Waals surface area contributed by atoms with Gasteiger partial charge in [-0.3, -0.25) is 24.3 Å². The number of carbonyl (C=O) groups is 1. The summed E-state index contributed by atoms with van der Waals surface area (Å²) in [4.78, 5) is 22.6. The minimum atomic E-state index is -0.639. The van der Waals surface area contributed by atoms with Gasteiger partial charge in [0, 0.05) is 24.8 Å². The Balaban J connectivity index is 2.08. The van der Waals surface area contributed by atoms with Crippen molar-refractivity contribution in [3.63, 3.8) is 0 Å². The predicted molar refractivity (Wildman–Crippen MR) is 82.9 cm³/mol. The maximum Gasteiger partial charge on any atom is 0.309 e. The van der Waals surface area contributed by atoms with E-state index in [1.54, 1.807) is 18.5 Å². The Morgan fingerprint density at radius 1 is 1.35 bits per heavy atom. The first-order valence-electron chi connectivity index (χ1n) is 7.19. The number of rotatable bonds is 5. The third kappa shape index (κ3) is 3.22. The smallest absolute Gasteiger partial charge is 0.309 e. The lowest BCUT2D eigenvalue weighted by Gasteiger charge is -2.12. The molecule has 2 rings (SSSR count). The highest BCUT2D eigenvalue weighted by molar-refractivity contribution is 5.79. The summed E-state index contributed by atoms with van der Waals surface area (Å²) in [6.07, 6.45) is 1.28. The Bertz CT molecular complexity index is 761. The van der Waals surface area contributed by atoms with E-state index in [0.717, 1.165) is 17.0 Å². The molecule has 0 fully saturated rings. The third-order valence-electron chi connectivity index (χ3n) is 3.96. The highest BCUT2D eigenvalue weighted by Crippen LogP contribution is 2.18. The van der Waals surface area contributed by atoms with E-state index in [1.165, 1.54) is 10.9 Å². The maximum absolute atomic E-state index is 12.3. The van der Waals surface area contributed by atoms with Gasteiger partial charge < -0.3 is 5.32 Å². The van der Waals surface area contributed by atoms with Gasteiger partial charge >= 0.3 is 5.69 Å². The fourth-order valence-electron chi connectivity index (χ4n) is 2.37. The summed E-state index contributed by atoms with van der Waals surface area (Å²) in [6.45, 7) is 7.37. The number of nitrogens with one attached hydrogen (secondary N) is 1. The zero-order valence-electron chi connectivity index (χ0n) is 13.8. The number of aromatic nitrogens is 4. The second-order valence-corrected chi connectivity index (χ2v) is 5.50. The minimum Gasteiger partial charge on any atom is -0.350 e. The van der Waals surface area contributed by atoms with Gasteiger partial charge in [0.25, 0.3) is 0 Å². The number of hydrogen-bond acceptors (Lipinski definition) is 5. The molecule has 0 aliphatic carbocycles. The first-order chi connectivity index (χ1) is 10.7. The van der Waals surface area contributed by atoms with Gasteiger partial charge in [-0.05, 0) is 27.7 Å². The van der Waals surface area contributed by atoms with Crippen LogP contribution in [0.1, 0.15) is 35.6 Å². The van der Waals surface area contributed by atoms with Crippen molar-refractivity contribution in [2.45, 2.75) is 40.3 Å². The molecular weight excluding hydrogens is 300 g/mol.